The van der Waals surface area contributed by atoms with Crippen LogP contribution in [-0.4, -0.2) is 28.6 Å². The number of likely N-dealkylation sites (tertiary alicyclic amines) is 1. The summed E-state index contributed by atoms with van der Waals surface area (Å²) in [5, 5.41) is 9.10. The number of carboxylic acids is 1. The van der Waals surface area contributed by atoms with E-state index in [4.69, 9.17) is 5.11 Å². The maximum atomic E-state index is 11.1. The van der Waals surface area contributed by atoms with E-state index < -0.39 is 5.97 Å². The van der Waals surface area contributed by atoms with E-state index >= 15 is 0 Å². The van der Waals surface area contributed by atoms with E-state index in [0.717, 1.165) is 18.8 Å². The van der Waals surface area contributed by atoms with Crippen LogP contribution in [0.1, 0.15) is 84.0 Å². The van der Waals surface area contributed by atoms with Crippen LogP contribution < -0.4 is 0 Å². The van der Waals surface area contributed by atoms with E-state index in [2.05, 4.69) is 35.2 Å². The van der Waals surface area contributed by atoms with Crippen molar-refractivity contribution >= 4 is 11.5 Å². The summed E-state index contributed by atoms with van der Waals surface area (Å²) in [7, 11) is 0. The van der Waals surface area contributed by atoms with E-state index in [-0.39, 0.29) is 0 Å². The lowest BCUT2D eigenvalue weighted by Crippen LogP contribution is -2.36. The van der Waals surface area contributed by atoms with Crippen LogP contribution in [0.5, 0.6) is 0 Å². The van der Waals surface area contributed by atoms with Crippen LogP contribution in [-0.2, 0) is 0 Å². The lowest BCUT2D eigenvalue weighted by Gasteiger charge is -2.36. The fourth-order valence-electron chi connectivity index (χ4n) is 5.35. The largest absolute Gasteiger partial charge is 0.478 e. The normalized spacial score (nSPS) is 25.0. The molecule has 2 atom stereocenters. The summed E-state index contributed by atoms with van der Waals surface area (Å²) in [5.41, 5.74) is 6.09. The summed E-state index contributed by atoms with van der Waals surface area (Å²) in [6.45, 7) is 1.21. The third-order valence-corrected chi connectivity index (χ3v) is 7.02. The summed E-state index contributed by atoms with van der Waals surface area (Å²) < 4.78 is 0. The zero-order valence-electron chi connectivity index (χ0n) is 16.9. The zero-order valence-corrected chi connectivity index (χ0v) is 16.9. The highest BCUT2D eigenvalue weighted by molar-refractivity contribution is 5.88. The van der Waals surface area contributed by atoms with Crippen LogP contribution in [0.4, 0.5) is 0 Å². The number of hydrogen-bond acceptors (Lipinski definition) is 2. The highest BCUT2D eigenvalue weighted by atomic mass is 16.4. The minimum atomic E-state index is -0.860. The third kappa shape index (κ3) is 3.76. The number of hydrogen-bond donors (Lipinski definition) is 1. The molecule has 3 aliphatic rings. The Morgan fingerprint density at radius 1 is 0.931 bits per heavy atom. The number of aromatic carboxylic acids is 1. The van der Waals surface area contributed by atoms with Crippen LogP contribution in [0, 0.1) is 0 Å². The Balaban J connectivity index is 1.31. The number of nitrogens with zero attached hydrogens (tertiary/aromatic N) is 1. The molecule has 1 heterocycles. The van der Waals surface area contributed by atoms with Crippen molar-refractivity contribution in [1.29, 1.82) is 0 Å². The molecule has 0 bridgehead atoms. The van der Waals surface area contributed by atoms with Gasteiger partial charge in [-0.3, -0.25) is 4.90 Å². The van der Waals surface area contributed by atoms with E-state index in [9.17, 15) is 4.79 Å². The average Bonchev–Trinajstić information content (AvgIpc) is 3.50. The lowest BCUT2D eigenvalue weighted by molar-refractivity contribution is 0.0697. The van der Waals surface area contributed by atoms with Gasteiger partial charge in [-0.1, -0.05) is 42.5 Å². The molecule has 0 aromatic heterocycles. The minimum absolute atomic E-state index is 0.359. The summed E-state index contributed by atoms with van der Waals surface area (Å²) in [6.07, 6.45) is 11.1. The maximum absolute atomic E-state index is 11.1. The van der Waals surface area contributed by atoms with Crippen molar-refractivity contribution in [2.24, 2.45) is 0 Å². The van der Waals surface area contributed by atoms with Gasteiger partial charge in [0, 0.05) is 12.1 Å². The highest BCUT2D eigenvalue weighted by Crippen LogP contribution is 2.46. The van der Waals surface area contributed by atoms with Gasteiger partial charge in [-0.2, -0.15) is 0 Å². The smallest absolute Gasteiger partial charge is 0.335 e. The van der Waals surface area contributed by atoms with Crippen LogP contribution in [0.2, 0.25) is 0 Å². The molecule has 5 rings (SSSR count). The van der Waals surface area contributed by atoms with Crippen LogP contribution in [0.3, 0.4) is 0 Å². The van der Waals surface area contributed by atoms with Gasteiger partial charge in [0.05, 0.1) is 5.56 Å². The van der Waals surface area contributed by atoms with Crippen LogP contribution in [0.25, 0.3) is 5.57 Å². The van der Waals surface area contributed by atoms with Gasteiger partial charge >= 0.3 is 5.97 Å². The summed E-state index contributed by atoms with van der Waals surface area (Å²) in [6, 6.07) is 17.7. The molecule has 1 aliphatic heterocycles. The summed E-state index contributed by atoms with van der Waals surface area (Å²) in [5.74, 6) is -0.0546. The first kappa shape index (κ1) is 18.6. The van der Waals surface area contributed by atoms with Crippen LogP contribution >= 0.6 is 0 Å². The molecule has 2 aromatic carbocycles. The molecular weight excluding hydrogens is 358 g/mol. The highest BCUT2D eigenvalue weighted by Gasteiger charge is 2.36. The first-order valence-corrected chi connectivity index (χ1v) is 11.1. The van der Waals surface area contributed by atoms with E-state index in [1.807, 2.05) is 12.1 Å². The maximum Gasteiger partial charge on any atom is 0.335 e. The van der Waals surface area contributed by atoms with Gasteiger partial charge in [0.15, 0.2) is 0 Å². The molecule has 150 valence electrons. The Bertz CT molecular complexity index is 926. The lowest BCUT2D eigenvalue weighted by atomic mass is 9.88. The molecule has 2 unspecified atom stereocenters. The predicted octanol–water partition coefficient (Wildman–Crippen LogP) is 6.04. The Morgan fingerprint density at radius 2 is 1.69 bits per heavy atom. The molecule has 2 aromatic rings. The Hall–Kier alpha value is -2.39. The molecule has 2 fully saturated rings. The molecular formula is C26H29NO2. The number of rotatable bonds is 5. The Kier molecular flexibility index (Phi) is 5.01. The van der Waals surface area contributed by atoms with Crippen molar-refractivity contribution in [3.63, 3.8) is 0 Å². The monoisotopic (exact) mass is 387 g/mol. The second-order valence-electron chi connectivity index (χ2n) is 8.84. The predicted molar refractivity (Wildman–Crippen MR) is 116 cm³/mol. The molecule has 0 spiro atoms. The van der Waals surface area contributed by atoms with Gasteiger partial charge in [-0.05, 0) is 91.8 Å². The minimum Gasteiger partial charge on any atom is -0.478 e. The van der Waals surface area contributed by atoms with Gasteiger partial charge in [-0.25, -0.2) is 4.79 Å². The first-order chi connectivity index (χ1) is 14.2. The van der Waals surface area contributed by atoms with Gasteiger partial charge in [0.1, 0.15) is 0 Å². The third-order valence-electron chi connectivity index (χ3n) is 7.02. The number of allylic oxidation sites excluding steroid dienone is 1. The first-order valence-electron chi connectivity index (χ1n) is 11.1. The molecule has 3 heteroatoms. The fraction of sp³-hybridized carbons (Fsp3) is 0.423. The zero-order chi connectivity index (χ0) is 19.8. The molecule has 0 radical (unpaired) electrons. The van der Waals surface area contributed by atoms with Crippen LogP contribution in [0.15, 0.2) is 54.6 Å². The van der Waals surface area contributed by atoms with Crippen molar-refractivity contribution < 1.29 is 9.90 Å². The molecule has 2 aliphatic carbocycles. The SMILES string of the molecule is O=C(O)c1ccc(C2=CCC(N3CCCC3c3ccccc3C3CC3)CC2)cc1. The number of carbonyl (C=O) groups is 1. The second kappa shape index (κ2) is 7.79. The second-order valence-corrected chi connectivity index (χ2v) is 8.84. The molecule has 0 amide bonds. The molecule has 29 heavy (non-hydrogen) atoms. The Labute approximate surface area is 173 Å². The molecule has 3 nitrogen and oxygen atoms in total. The van der Waals surface area contributed by atoms with Crippen molar-refractivity contribution in [3.8, 4) is 0 Å². The van der Waals surface area contributed by atoms with E-state index in [0.29, 0.717) is 17.6 Å². The van der Waals surface area contributed by atoms with Gasteiger partial charge < -0.3 is 5.11 Å². The van der Waals surface area contributed by atoms with E-state index in [1.54, 1.807) is 23.3 Å². The van der Waals surface area contributed by atoms with Gasteiger partial charge in [0.2, 0.25) is 0 Å². The molecule has 1 saturated carbocycles. The quantitative estimate of drug-likeness (QED) is 0.680. The van der Waals surface area contributed by atoms with Gasteiger partial charge in [0.25, 0.3) is 0 Å². The molecule has 1 N–H and O–H groups in total. The summed E-state index contributed by atoms with van der Waals surface area (Å²) in [4.78, 5) is 13.9. The number of carboxylic acid groups (broad SMARTS) is 1. The van der Waals surface area contributed by atoms with Crippen molar-refractivity contribution in [2.45, 2.75) is 62.9 Å². The van der Waals surface area contributed by atoms with Crippen molar-refractivity contribution in [1.82, 2.24) is 4.90 Å². The Morgan fingerprint density at radius 3 is 2.34 bits per heavy atom. The average molecular weight is 388 g/mol. The van der Waals surface area contributed by atoms with E-state index in [1.165, 1.54) is 49.8 Å². The fourth-order valence-corrected chi connectivity index (χ4v) is 5.35. The van der Waals surface area contributed by atoms with Crippen molar-refractivity contribution in [2.75, 3.05) is 6.54 Å². The topological polar surface area (TPSA) is 40.5 Å². The van der Waals surface area contributed by atoms with Crippen molar-refractivity contribution in [3.05, 3.63) is 76.9 Å². The van der Waals surface area contributed by atoms with Gasteiger partial charge in [-0.15, -0.1) is 0 Å². The molecule has 1 saturated heterocycles. The number of benzene rings is 2. The summed E-state index contributed by atoms with van der Waals surface area (Å²) >= 11 is 0. The standard InChI is InChI=1S/C26H29NO2/c28-26(29)21-11-7-18(8-12-21)19-13-15-22(16-14-19)27-17-3-6-25(27)24-5-2-1-4-23(24)20-9-10-20/h1-2,4-5,7-8,11-13,20,22,25H,3,6,9-10,14-17H2,(H,28,29).